The van der Waals surface area contributed by atoms with E-state index in [1.54, 1.807) is 16.4 Å². The zero-order chi connectivity index (χ0) is 23.1. The number of anilines is 1. The van der Waals surface area contributed by atoms with Gasteiger partial charge in [-0.05, 0) is 24.6 Å². The van der Waals surface area contributed by atoms with E-state index in [4.69, 9.17) is 12.2 Å². The van der Waals surface area contributed by atoms with Crippen LogP contribution in [0.2, 0.25) is 0 Å². The van der Waals surface area contributed by atoms with E-state index in [1.165, 1.54) is 16.7 Å². The van der Waals surface area contributed by atoms with E-state index in [9.17, 15) is 9.59 Å². The number of benzene rings is 2. The molecule has 7 nitrogen and oxygen atoms in total. The molecule has 168 valence electrons. The number of thioether (sulfide) groups is 1. The number of amides is 1. The van der Waals surface area contributed by atoms with Crippen LogP contribution in [0.25, 0.3) is 5.69 Å². The van der Waals surface area contributed by atoms with E-state index >= 15 is 0 Å². The van der Waals surface area contributed by atoms with Gasteiger partial charge in [0.1, 0.15) is 5.69 Å². The number of para-hydroxylation sites is 1. The van der Waals surface area contributed by atoms with Crippen molar-refractivity contribution in [3.8, 4) is 5.69 Å². The Hall–Kier alpha value is -2.98. The van der Waals surface area contributed by atoms with Crippen molar-refractivity contribution in [3.05, 3.63) is 93.3 Å². The van der Waals surface area contributed by atoms with Gasteiger partial charge in [0.15, 0.2) is 4.32 Å². The number of hydrogen-bond acceptors (Lipinski definition) is 6. The third-order valence-corrected chi connectivity index (χ3v) is 7.41. The lowest BCUT2D eigenvalue weighted by Gasteiger charge is -2.16. The number of aromatic nitrogens is 2. The number of carbonyl (C=O) groups excluding carboxylic acids is 1. The number of nitrogens with one attached hydrogen (secondary N) is 2. The minimum absolute atomic E-state index is 0.0449. The second-order valence-corrected chi connectivity index (χ2v) is 9.70. The number of nitrogens with zero attached hydrogens (tertiary/aromatic N) is 3. The Morgan fingerprint density at radius 3 is 2.42 bits per heavy atom. The van der Waals surface area contributed by atoms with Gasteiger partial charge in [-0.1, -0.05) is 78.6 Å². The molecular formula is C24H23N5O2S2. The summed E-state index contributed by atoms with van der Waals surface area (Å²) in [5.74, 6) is -0.186. The molecule has 0 spiro atoms. The van der Waals surface area contributed by atoms with Gasteiger partial charge in [-0.3, -0.25) is 24.6 Å². The van der Waals surface area contributed by atoms with Crippen LogP contribution in [0.1, 0.15) is 17.3 Å². The summed E-state index contributed by atoms with van der Waals surface area (Å²) in [6.45, 7) is 2.52. The maximum Gasteiger partial charge on any atom is 0.296 e. The first-order valence-corrected chi connectivity index (χ1v) is 11.9. The van der Waals surface area contributed by atoms with E-state index < -0.39 is 0 Å². The third kappa shape index (κ3) is 3.76. The van der Waals surface area contributed by atoms with Crippen LogP contribution < -0.4 is 21.3 Å². The molecule has 0 bridgehead atoms. The number of thiocarbonyl (C=S) groups is 1. The Bertz CT molecular complexity index is 1310. The second-order valence-electron chi connectivity index (χ2n) is 8.03. The first kappa shape index (κ1) is 21.8. The van der Waals surface area contributed by atoms with Gasteiger partial charge in [0.2, 0.25) is 0 Å². The van der Waals surface area contributed by atoms with Crippen molar-refractivity contribution in [1.29, 1.82) is 0 Å². The van der Waals surface area contributed by atoms with Gasteiger partial charge >= 0.3 is 0 Å². The van der Waals surface area contributed by atoms with Crippen LogP contribution in [0.3, 0.4) is 0 Å². The highest BCUT2D eigenvalue weighted by atomic mass is 32.2. The molecule has 2 aromatic carbocycles. The first-order chi connectivity index (χ1) is 16.0. The zero-order valence-corrected chi connectivity index (χ0v) is 19.8. The quantitative estimate of drug-likeness (QED) is 0.444. The summed E-state index contributed by atoms with van der Waals surface area (Å²) in [4.78, 5) is 28.8. The summed E-state index contributed by atoms with van der Waals surface area (Å²) in [5.41, 5.74) is 9.06. The maximum atomic E-state index is 13.5. The number of hydrazine groups is 1. The second kappa shape index (κ2) is 8.75. The summed E-state index contributed by atoms with van der Waals surface area (Å²) in [6, 6.07) is 19.5. The van der Waals surface area contributed by atoms with Crippen molar-refractivity contribution < 1.29 is 4.79 Å². The van der Waals surface area contributed by atoms with Crippen molar-refractivity contribution in [2.45, 2.75) is 13.0 Å². The molecule has 9 heteroatoms. The summed E-state index contributed by atoms with van der Waals surface area (Å²) >= 11 is 6.81. The number of hydrogen-bond donors (Lipinski definition) is 2. The highest BCUT2D eigenvalue weighted by molar-refractivity contribution is 8.27. The Morgan fingerprint density at radius 1 is 1.06 bits per heavy atom. The molecule has 0 radical (unpaired) electrons. The highest BCUT2D eigenvalue weighted by Gasteiger charge is 2.39. The molecule has 5 rings (SSSR count). The number of rotatable bonds is 4. The normalized spacial score (nSPS) is 22.0. The zero-order valence-electron chi connectivity index (χ0n) is 18.2. The average molecular weight is 478 g/mol. The molecule has 1 aromatic heterocycles. The van der Waals surface area contributed by atoms with Crippen molar-refractivity contribution in [1.82, 2.24) is 20.2 Å². The van der Waals surface area contributed by atoms with Crippen LogP contribution >= 0.6 is 24.0 Å². The molecule has 2 N–H and O–H groups in total. The van der Waals surface area contributed by atoms with Crippen LogP contribution in [-0.4, -0.2) is 26.1 Å². The fourth-order valence-electron chi connectivity index (χ4n) is 4.34. The SMILES string of the molecule is Cc1c(N2C(=O)/C(=C/C3CNNC3c3ccccc3)SC2=S)c(=O)n(-c2ccccc2)n1C. The molecular weight excluding hydrogens is 454 g/mol. The molecule has 3 aromatic rings. The summed E-state index contributed by atoms with van der Waals surface area (Å²) in [7, 11) is 1.81. The highest BCUT2D eigenvalue weighted by Crippen LogP contribution is 2.38. The summed E-state index contributed by atoms with van der Waals surface area (Å²) in [5, 5.41) is 0. The fraction of sp³-hybridized carbons (Fsp3) is 0.208. The average Bonchev–Trinajstić information content (AvgIpc) is 3.46. The topological polar surface area (TPSA) is 71.3 Å². The van der Waals surface area contributed by atoms with E-state index in [2.05, 4.69) is 23.0 Å². The molecule has 0 saturated carbocycles. The fourth-order valence-corrected chi connectivity index (χ4v) is 5.66. The molecule has 2 saturated heterocycles. The Labute approximate surface area is 201 Å². The van der Waals surface area contributed by atoms with E-state index in [1.807, 2.05) is 61.5 Å². The van der Waals surface area contributed by atoms with Gasteiger partial charge in [0.25, 0.3) is 11.5 Å². The van der Waals surface area contributed by atoms with Crippen LogP contribution in [0, 0.1) is 12.8 Å². The molecule has 2 aliphatic rings. The lowest BCUT2D eigenvalue weighted by Crippen LogP contribution is -2.33. The third-order valence-electron chi connectivity index (χ3n) is 6.09. The van der Waals surface area contributed by atoms with E-state index in [-0.39, 0.29) is 23.4 Å². The molecule has 2 fully saturated rings. The van der Waals surface area contributed by atoms with Crippen molar-refractivity contribution in [2.75, 3.05) is 11.4 Å². The molecule has 3 heterocycles. The number of carbonyl (C=O) groups is 1. The van der Waals surface area contributed by atoms with Crippen molar-refractivity contribution >= 4 is 39.9 Å². The molecule has 2 aliphatic heterocycles. The van der Waals surface area contributed by atoms with Crippen LogP contribution in [0.5, 0.6) is 0 Å². The van der Waals surface area contributed by atoms with Crippen molar-refractivity contribution in [2.24, 2.45) is 13.0 Å². The molecule has 0 aliphatic carbocycles. The van der Waals surface area contributed by atoms with Gasteiger partial charge < -0.3 is 0 Å². The monoisotopic (exact) mass is 477 g/mol. The minimum Gasteiger partial charge on any atom is -0.283 e. The molecule has 33 heavy (non-hydrogen) atoms. The lowest BCUT2D eigenvalue weighted by atomic mass is 9.94. The van der Waals surface area contributed by atoms with Gasteiger partial charge in [-0.15, -0.1) is 0 Å². The molecule has 2 unspecified atom stereocenters. The lowest BCUT2D eigenvalue weighted by molar-refractivity contribution is -0.113. The van der Waals surface area contributed by atoms with Crippen LogP contribution in [-0.2, 0) is 11.8 Å². The summed E-state index contributed by atoms with van der Waals surface area (Å²) < 4.78 is 3.68. The van der Waals surface area contributed by atoms with Gasteiger partial charge in [0.05, 0.1) is 22.3 Å². The Balaban J connectivity index is 1.50. The first-order valence-electron chi connectivity index (χ1n) is 10.6. The predicted octanol–water partition coefficient (Wildman–Crippen LogP) is 3.20. The van der Waals surface area contributed by atoms with E-state index in [0.717, 1.165) is 11.3 Å². The van der Waals surface area contributed by atoms with Gasteiger partial charge in [-0.2, -0.15) is 0 Å². The smallest absolute Gasteiger partial charge is 0.283 e. The van der Waals surface area contributed by atoms with E-state index in [0.29, 0.717) is 27.2 Å². The van der Waals surface area contributed by atoms with Gasteiger partial charge in [-0.25, -0.2) is 10.1 Å². The standard InChI is InChI=1S/C24H23N5O2S2/c1-15-21(23(31)29(27(15)2)18-11-7-4-8-12-18)28-22(30)19(33-24(28)32)13-17-14-25-26-20(17)16-9-5-3-6-10-16/h3-13,17,20,25-26H,14H2,1-2H3/b19-13-. The van der Waals surface area contributed by atoms with Crippen LogP contribution in [0.4, 0.5) is 5.69 Å². The summed E-state index contributed by atoms with van der Waals surface area (Å²) in [6.07, 6.45) is 1.97. The van der Waals surface area contributed by atoms with Crippen LogP contribution in [0.15, 0.2) is 76.4 Å². The Kier molecular flexibility index (Phi) is 5.79. The Morgan fingerprint density at radius 2 is 1.73 bits per heavy atom. The predicted molar refractivity (Wildman–Crippen MR) is 135 cm³/mol. The molecule has 1 amide bonds. The van der Waals surface area contributed by atoms with Gasteiger partial charge in [0, 0.05) is 19.5 Å². The van der Waals surface area contributed by atoms with Crippen molar-refractivity contribution in [3.63, 3.8) is 0 Å². The minimum atomic E-state index is -0.273. The molecule has 2 atom stereocenters. The maximum absolute atomic E-state index is 13.5. The largest absolute Gasteiger partial charge is 0.296 e.